The monoisotopic (exact) mass is 295 g/mol. The summed E-state index contributed by atoms with van der Waals surface area (Å²) in [6.07, 6.45) is 5.39. The van der Waals surface area contributed by atoms with Gasteiger partial charge in [0.1, 0.15) is 0 Å². The summed E-state index contributed by atoms with van der Waals surface area (Å²) in [5, 5.41) is 12.3. The minimum atomic E-state index is -0.517. The van der Waals surface area contributed by atoms with Crippen LogP contribution in [0.15, 0.2) is 54.4 Å². The molecule has 0 bridgehead atoms. The number of amides is 1. The van der Waals surface area contributed by atoms with E-state index in [1.165, 1.54) is 0 Å². The van der Waals surface area contributed by atoms with Crippen molar-refractivity contribution in [2.75, 3.05) is 0 Å². The third-order valence-corrected chi connectivity index (χ3v) is 3.23. The molecular formula is C18H21N3O. The Morgan fingerprint density at radius 1 is 1.32 bits per heavy atom. The van der Waals surface area contributed by atoms with Gasteiger partial charge in [-0.2, -0.15) is 5.26 Å². The van der Waals surface area contributed by atoms with Crippen molar-refractivity contribution in [2.45, 2.75) is 32.9 Å². The Kier molecular flexibility index (Phi) is 4.67. The molecule has 1 N–H and O–H groups in total. The smallest absolute Gasteiger partial charge is 0.232 e. The predicted molar refractivity (Wildman–Crippen MR) is 86.2 cm³/mol. The molecule has 0 fully saturated rings. The fraction of sp³-hybridized carbons (Fsp3) is 0.333. The Labute approximate surface area is 131 Å². The molecule has 1 atom stereocenters. The van der Waals surface area contributed by atoms with Gasteiger partial charge < -0.3 is 10.2 Å². The van der Waals surface area contributed by atoms with E-state index in [0.717, 1.165) is 5.56 Å². The van der Waals surface area contributed by atoms with E-state index in [1.54, 1.807) is 12.3 Å². The molecule has 1 aliphatic heterocycles. The van der Waals surface area contributed by atoms with Gasteiger partial charge in [-0.3, -0.25) is 4.79 Å². The zero-order chi connectivity index (χ0) is 16.2. The van der Waals surface area contributed by atoms with Crippen molar-refractivity contribution in [3.63, 3.8) is 0 Å². The van der Waals surface area contributed by atoms with Gasteiger partial charge in [0.2, 0.25) is 5.91 Å². The Bertz CT molecular complexity index is 633. The van der Waals surface area contributed by atoms with Gasteiger partial charge in [-0.05, 0) is 26.3 Å². The molecule has 1 unspecified atom stereocenters. The number of carbonyl (C=O) groups is 1. The van der Waals surface area contributed by atoms with Crippen molar-refractivity contribution in [1.29, 1.82) is 5.26 Å². The fourth-order valence-electron chi connectivity index (χ4n) is 2.27. The lowest BCUT2D eigenvalue weighted by Gasteiger charge is -2.27. The van der Waals surface area contributed by atoms with Crippen LogP contribution >= 0.6 is 0 Å². The molecule has 1 aromatic rings. The largest absolute Gasteiger partial charge is 0.351 e. The zero-order valence-corrected chi connectivity index (χ0v) is 13.2. The molecule has 0 spiro atoms. The Morgan fingerprint density at radius 2 is 2.00 bits per heavy atom. The minimum Gasteiger partial charge on any atom is -0.351 e. The van der Waals surface area contributed by atoms with E-state index in [0.29, 0.717) is 12.1 Å². The second kappa shape index (κ2) is 6.48. The summed E-state index contributed by atoms with van der Waals surface area (Å²) in [6, 6.07) is 12.1. The highest BCUT2D eigenvalue weighted by molar-refractivity contribution is 5.85. The van der Waals surface area contributed by atoms with Crippen molar-refractivity contribution in [1.82, 2.24) is 10.2 Å². The molecule has 0 aromatic heterocycles. The van der Waals surface area contributed by atoms with Crippen LogP contribution < -0.4 is 5.32 Å². The number of nitrogens with zero attached hydrogens (tertiary/aromatic N) is 2. The first-order valence-corrected chi connectivity index (χ1v) is 7.31. The molecule has 0 radical (unpaired) electrons. The van der Waals surface area contributed by atoms with Crippen LogP contribution in [0.25, 0.3) is 0 Å². The lowest BCUT2D eigenvalue weighted by atomic mass is 9.96. The van der Waals surface area contributed by atoms with Crippen molar-refractivity contribution in [3.8, 4) is 6.07 Å². The van der Waals surface area contributed by atoms with Gasteiger partial charge in [0, 0.05) is 24.5 Å². The van der Waals surface area contributed by atoms with E-state index < -0.39 is 5.92 Å². The molecule has 1 amide bonds. The van der Waals surface area contributed by atoms with Gasteiger partial charge in [0.25, 0.3) is 0 Å². The van der Waals surface area contributed by atoms with E-state index >= 15 is 0 Å². The van der Waals surface area contributed by atoms with Gasteiger partial charge >= 0.3 is 0 Å². The lowest BCUT2D eigenvalue weighted by Crippen LogP contribution is -2.44. The summed E-state index contributed by atoms with van der Waals surface area (Å²) < 4.78 is 0. The Hall–Kier alpha value is -2.54. The predicted octanol–water partition coefficient (Wildman–Crippen LogP) is 2.95. The molecule has 22 heavy (non-hydrogen) atoms. The van der Waals surface area contributed by atoms with Gasteiger partial charge in [0.15, 0.2) is 0 Å². The van der Waals surface area contributed by atoms with Crippen LogP contribution in [0.3, 0.4) is 0 Å². The number of nitrogens with one attached hydrogen (secondary N) is 1. The van der Waals surface area contributed by atoms with Crippen LogP contribution in [0.1, 0.15) is 26.3 Å². The van der Waals surface area contributed by atoms with Gasteiger partial charge in [-0.15, -0.1) is 0 Å². The third kappa shape index (κ3) is 4.23. The van der Waals surface area contributed by atoms with E-state index in [4.69, 9.17) is 0 Å². The number of nitriles is 1. The molecule has 1 aliphatic rings. The molecule has 2 rings (SSSR count). The van der Waals surface area contributed by atoms with Crippen molar-refractivity contribution in [3.05, 3.63) is 59.9 Å². The summed E-state index contributed by atoms with van der Waals surface area (Å²) in [6.45, 7) is 6.45. The summed E-state index contributed by atoms with van der Waals surface area (Å²) in [7, 11) is 0. The number of hydrogen-bond acceptors (Lipinski definition) is 3. The molecular weight excluding hydrogens is 274 g/mol. The molecule has 4 nitrogen and oxygen atoms in total. The molecule has 114 valence electrons. The average molecular weight is 295 g/mol. The first-order valence-electron chi connectivity index (χ1n) is 7.31. The van der Waals surface area contributed by atoms with Crippen molar-refractivity contribution in [2.24, 2.45) is 5.92 Å². The maximum absolute atomic E-state index is 12.3. The molecule has 0 aliphatic carbocycles. The van der Waals surface area contributed by atoms with Crippen LogP contribution in [0, 0.1) is 17.2 Å². The molecule has 0 saturated carbocycles. The quantitative estimate of drug-likeness (QED) is 0.932. The van der Waals surface area contributed by atoms with E-state index in [1.807, 2.05) is 62.2 Å². The zero-order valence-electron chi connectivity index (χ0n) is 13.2. The molecule has 4 heteroatoms. The number of benzene rings is 1. The first-order chi connectivity index (χ1) is 10.4. The van der Waals surface area contributed by atoms with Crippen LogP contribution in [-0.2, 0) is 11.3 Å². The SMILES string of the molecule is CC(C)(C)NC(=O)C1C=CN(Cc2ccccc2)C=C1C#N. The second-order valence-electron chi connectivity index (χ2n) is 6.41. The third-order valence-electron chi connectivity index (χ3n) is 3.23. The number of carbonyl (C=O) groups excluding carboxylic acids is 1. The van der Waals surface area contributed by atoms with Gasteiger partial charge in [-0.1, -0.05) is 36.4 Å². The van der Waals surface area contributed by atoms with E-state index in [2.05, 4.69) is 11.4 Å². The summed E-state index contributed by atoms with van der Waals surface area (Å²) in [4.78, 5) is 14.2. The molecule has 1 aromatic carbocycles. The van der Waals surface area contributed by atoms with Gasteiger partial charge in [-0.25, -0.2) is 0 Å². The highest BCUT2D eigenvalue weighted by Crippen LogP contribution is 2.21. The van der Waals surface area contributed by atoms with Crippen LogP contribution in [0.2, 0.25) is 0 Å². The Balaban J connectivity index is 2.10. The summed E-state index contributed by atoms with van der Waals surface area (Å²) in [5.74, 6) is -0.660. The summed E-state index contributed by atoms with van der Waals surface area (Å²) >= 11 is 0. The van der Waals surface area contributed by atoms with Crippen LogP contribution in [-0.4, -0.2) is 16.3 Å². The topological polar surface area (TPSA) is 56.1 Å². The normalized spacial score (nSPS) is 17.6. The van der Waals surface area contributed by atoms with Crippen LogP contribution in [0.4, 0.5) is 0 Å². The van der Waals surface area contributed by atoms with Gasteiger partial charge in [0.05, 0.1) is 17.6 Å². The number of rotatable bonds is 3. The highest BCUT2D eigenvalue weighted by Gasteiger charge is 2.26. The number of hydrogen-bond donors (Lipinski definition) is 1. The second-order valence-corrected chi connectivity index (χ2v) is 6.41. The average Bonchev–Trinajstić information content (AvgIpc) is 2.46. The fourth-order valence-corrected chi connectivity index (χ4v) is 2.27. The van der Waals surface area contributed by atoms with Crippen molar-refractivity contribution >= 4 is 5.91 Å². The first kappa shape index (κ1) is 15.8. The Morgan fingerprint density at radius 3 is 2.59 bits per heavy atom. The molecule has 1 heterocycles. The maximum atomic E-state index is 12.3. The van der Waals surface area contributed by atoms with E-state index in [9.17, 15) is 10.1 Å². The molecule has 0 saturated heterocycles. The maximum Gasteiger partial charge on any atom is 0.232 e. The standard InChI is InChI=1S/C18H21N3O/c1-18(2,3)20-17(22)16-9-10-21(13-15(16)11-19)12-14-7-5-4-6-8-14/h4-10,13,16H,12H2,1-3H3,(H,20,22). The highest BCUT2D eigenvalue weighted by atomic mass is 16.2. The van der Waals surface area contributed by atoms with Crippen molar-refractivity contribution < 1.29 is 4.79 Å². The van der Waals surface area contributed by atoms with Crippen LogP contribution in [0.5, 0.6) is 0 Å². The summed E-state index contributed by atoms with van der Waals surface area (Å²) in [5.41, 5.74) is 1.30. The van der Waals surface area contributed by atoms with E-state index in [-0.39, 0.29) is 11.4 Å². The minimum absolute atomic E-state index is 0.143. The lowest BCUT2D eigenvalue weighted by molar-refractivity contribution is -0.124.